The highest BCUT2D eigenvalue weighted by molar-refractivity contribution is 8.01. The molecule has 0 spiro atoms. The number of hydrogen-bond acceptors (Lipinski definition) is 8. The number of fused-ring (bicyclic) bond motifs is 1. The average Bonchev–Trinajstić information content (AvgIpc) is 3.36. The smallest absolute Gasteiger partial charge is 0.257 e. The average molecular weight is 432 g/mol. The topological polar surface area (TPSA) is 102 Å². The van der Waals surface area contributed by atoms with Crippen LogP contribution in [0.25, 0.3) is 0 Å². The number of amides is 2. The van der Waals surface area contributed by atoms with Gasteiger partial charge >= 0.3 is 0 Å². The number of halogens is 1. The van der Waals surface area contributed by atoms with Gasteiger partial charge in [0, 0.05) is 11.3 Å². The zero-order valence-electron chi connectivity index (χ0n) is 14.7. The van der Waals surface area contributed by atoms with E-state index >= 15 is 0 Å². The van der Waals surface area contributed by atoms with Crippen LogP contribution < -0.4 is 20.1 Å². The predicted octanol–water partition coefficient (Wildman–Crippen LogP) is 3.39. The predicted molar refractivity (Wildman–Crippen MR) is 106 cm³/mol. The zero-order chi connectivity index (χ0) is 20.2. The van der Waals surface area contributed by atoms with Crippen molar-refractivity contribution in [3.8, 4) is 11.5 Å². The van der Waals surface area contributed by atoms with E-state index in [1.165, 1.54) is 36.0 Å². The summed E-state index contributed by atoms with van der Waals surface area (Å²) in [6.45, 7) is 0.131. The molecule has 4 rings (SSSR count). The van der Waals surface area contributed by atoms with Crippen molar-refractivity contribution in [1.82, 2.24) is 10.2 Å². The summed E-state index contributed by atoms with van der Waals surface area (Å²) in [6.07, 6.45) is 0. The maximum Gasteiger partial charge on any atom is 0.257 e. The molecule has 3 aromatic rings. The molecule has 0 saturated heterocycles. The number of anilines is 2. The second-order valence-electron chi connectivity index (χ2n) is 5.74. The Morgan fingerprint density at radius 3 is 2.69 bits per heavy atom. The summed E-state index contributed by atoms with van der Waals surface area (Å²) in [7, 11) is 0. The van der Waals surface area contributed by atoms with Gasteiger partial charge in [-0.05, 0) is 42.5 Å². The minimum Gasteiger partial charge on any atom is -0.454 e. The summed E-state index contributed by atoms with van der Waals surface area (Å²) >= 11 is 2.34. The monoisotopic (exact) mass is 432 g/mol. The van der Waals surface area contributed by atoms with Crippen LogP contribution in [0.15, 0.2) is 46.8 Å². The van der Waals surface area contributed by atoms with Crippen LogP contribution in [-0.2, 0) is 4.79 Å². The first kappa shape index (κ1) is 19.2. The summed E-state index contributed by atoms with van der Waals surface area (Å²) in [5.74, 6) is 0.213. The normalized spacial score (nSPS) is 11.9. The Morgan fingerprint density at radius 1 is 1.07 bits per heavy atom. The van der Waals surface area contributed by atoms with Crippen molar-refractivity contribution >= 4 is 45.7 Å². The van der Waals surface area contributed by atoms with E-state index in [9.17, 15) is 14.0 Å². The number of carbonyl (C=O) groups is 2. The van der Waals surface area contributed by atoms with Gasteiger partial charge in [0.25, 0.3) is 5.91 Å². The molecule has 0 radical (unpaired) electrons. The number of hydrogen-bond donors (Lipinski definition) is 2. The van der Waals surface area contributed by atoms with E-state index in [2.05, 4.69) is 20.8 Å². The van der Waals surface area contributed by atoms with E-state index in [-0.39, 0.29) is 30.2 Å². The fourth-order valence-corrected chi connectivity index (χ4v) is 3.93. The van der Waals surface area contributed by atoms with Gasteiger partial charge in [-0.15, -0.1) is 10.2 Å². The van der Waals surface area contributed by atoms with Crippen LogP contribution in [0.4, 0.5) is 15.2 Å². The lowest BCUT2D eigenvalue weighted by Crippen LogP contribution is -2.13. The van der Waals surface area contributed by atoms with Crippen molar-refractivity contribution in [1.29, 1.82) is 0 Å². The molecule has 0 fully saturated rings. The molecule has 2 aromatic carbocycles. The Kier molecular flexibility index (Phi) is 5.58. The molecule has 148 valence electrons. The molecular weight excluding hydrogens is 419 g/mol. The van der Waals surface area contributed by atoms with Crippen LogP contribution in [0.3, 0.4) is 0 Å². The van der Waals surface area contributed by atoms with Crippen molar-refractivity contribution < 1.29 is 23.5 Å². The maximum absolute atomic E-state index is 12.9. The number of rotatable bonds is 6. The fourth-order valence-electron chi connectivity index (χ4n) is 2.38. The fraction of sp³-hybridized carbons (Fsp3) is 0.111. The third-order valence-electron chi connectivity index (χ3n) is 3.72. The molecule has 0 aliphatic carbocycles. The Morgan fingerprint density at radius 2 is 1.86 bits per heavy atom. The Balaban J connectivity index is 1.29. The summed E-state index contributed by atoms with van der Waals surface area (Å²) in [5.41, 5.74) is 0.906. The highest BCUT2D eigenvalue weighted by Gasteiger charge is 2.17. The summed E-state index contributed by atoms with van der Waals surface area (Å²) in [6, 6.07) is 10.4. The van der Waals surface area contributed by atoms with Crippen molar-refractivity contribution in [3.05, 3.63) is 53.8 Å². The minimum atomic E-state index is -0.374. The Hall–Kier alpha value is -3.18. The second-order valence-corrected chi connectivity index (χ2v) is 7.94. The lowest BCUT2D eigenvalue weighted by Gasteiger charge is -2.03. The molecule has 11 heteroatoms. The highest BCUT2D eigenvalue weighted by Crippen LogP contribution is 2.33. The van der Waals surface area contributed by atoms with Crippen LogP contribution in [-0.4, -0.2) is 34.6 Å². The second kappa shape index (κ2) is 8.45. The summed E-state index contributed by atoms with van der Waals surface area (Å²) < 4.78 is 23.9. The molecule has 2 amide bonds. The van der Waals surface area contributed by atoms with Crippen LogP contribution in [0.2, 0.25) is 0 Å². The molecule has 2 heterocycles. The molecular formula is C18H13FN4O4S2. The van der Waals surface area contributed by atoms with Gasteiger partial charge in [0.2, 0.25) is 17.8 Å². The summed E-state index contributed by atoms with van der Waals surface area (Å²) in [5, 5.41) is 13.5. The number of thioether (sulfide) groups is 1. The molecule has 1 aliphatic rings. The van der Waals surface area contributed by atoms with Gasteiger partial charge < -0.3 is 14.8 Å². The van der Waals surface area contributed by atoms with Gasteiger partial charge in [-0.1, -0.05) is 23.1 Å². The van der Waals surface area contributed by atoms with Gasteiger partial charge in [-0.2, -0.15) is 0 Å². The molecule has 0 atom stereocenters. The molecule has 8 nitrogen and oxygen atoms in total. The van der Waals surface area contributed by atoms with Crippen LogP contribution in [0.1, 0.15) is 10.4 Å². The van der Waals surface area contributed by atoms with Crippen LogP contribution in [0.5, 0.6) is 11.5 Å². The zero-order valence-corrected chi connectivity index (χ0v) is 16.3. The van der Waals surface area contributed by atoms with E-state index in [1.807, 2.05) is 0 Å². The highest BCUT2D eigenvalue weighted by atomic mass is 32.2. The van der Waals surface area contributed by atoms with Crippen molar-refractivity contribution in [2.24, 2.45) is 0 Å². The number of benzene rings is 2. The van der Waals surface area contributed by atoms with Gasteiger partial charge in [0.05, 0.1) is 5.75 Å². The maximum atomic E-state index is 12.9. The molecule has 0 bridgehead atoms. The Labute approximate surface area is 172 Å². The molecule has 1 aromatic heterocycles. The Bertz CT molecular complexity index is 1060. The number of nitrogens with one attached hydrogen (secondary N) is 2. The molecule has 0 saturated carbocycles. The number of carbonyl (C=O) groups excluding carboxylic acids is 2. The first-order valence-electron chi connectivity index (χ1n) is 8.29. The SMILES string of the molecule is O=C(CSc1nnc(NC(=O)c2ccc3c(c2)OCO3)s1)Nc1ccc(F)cc1. The molecule has 2 N–H and O–H groups in total. The van der Waals surface area contributed by atoms with Gasteiger partial charge in [-0.3, -0.25) is 14.9 Å². The van der Waals surface area contributed by atoms with E-state index in [0.29, 0.717) is 32.2 Å². The van der Waals surface area contributed by atoms with E-state index < -0.39 is 0 Å². The number of aromatic nitrogens is 2. The third kappa shape index (κ3) is 4.81. The first-order valence-corrected chi connectivity index (χ1v) is 10.1. The van der Waals surface area contributed by atoms with E-state index in [1.54, 1.807) is 18.2 Å². The van der Waals surface area contributed by atoms with Crippen molar-refractivity contribution in [2.45, 2.75) is 4.34 Å². The standard InChI is InChI=1S/C18H13FN4O4S2/c19-11-2-4-12(5-3-11)20-15(24)8-28-18-23-22-17(29-18)21-16(25)10-1-6-13-14(7-10)27-9-26-13/h1-7H,8-9H2,(H,20,24)(H,21,22,25). The number of ether oxygens (including phenoxy) is 2. The lowest BCUT2D eigenvalue weighted by atomic mass is 10.2. The summed E-state index contributed by atoms with van der Waals surface area (Å²) in [4.78, 5) is 24.3. The van der Waals surface area contributed by atoms with Gasteiger partial charge in [0.15, 0.2) is 15.8 Å². The largest absolute Gasteiger partial charge is 0.454 e. The van der Waals surface area contributed by atoms with Crippen LogP contribution >= 0.6 is 23.1 Å². The first-order chi connectivity index (χ1) is 14.1. The lowest BCUT2D eigenvalue weighted by molar-refractivity contribution is -0.113. The van der Waals surface area contributed by atoms with Crippen LogP contribution in [0, 0.1) is 5.82 Å². The van der Waals surface area contributed by atoms with Crippen molar-refractivity contribution in [3.63, 3.8) is 0 Å². The molecule has 1 aliphatic heterocycles. The van der Waals surface area contributed by atoms with E-state index in [4.69, 9.17) is 9.47 Å². The van der Waals surface area contributed by atoms with Crippen molar-refractivity contribution in [2.75, 3.05) is 23.2 Å². The number of nitrogens with zero attached hydrogens (tertiary/aromatic N) is 2. The quantitative estimate of drug-likeness (QED) is 0.455. The van der Waals surface area contributed by atoms with E-state index in [0.717, 1.165) is 11.3 Å². The van der Waals surface area contributed by atoms with Gasteiger partial charge in [-0.25, -0.2) is 4.39 Å². The third-order valence-corrected chi connectivity index (χ3v) is 5.69. The minimum absolute atomic E-state index is 0.0993. The molecule has 0 unspecified atom stereocenters. The van der Waals surface area contributed by atoms with Gasteiger partial charge in [0.1, 0.15) is 5.82 Å². The molecule has 29 heavy (non-hydrogen) atoms.